The number of allylic oxidation sites excluding steroid dienone is 4. The molecule has 0 saturated carbocycles. The summed E-state index contributed by atoms with van der Waals surface area (Å²) < 4.78 is 9.10. The maximum absolute atomic E-state index is 12.5. The van der Waals surface area contributed by atoms with Gasteiger partial charge < -0.3 is 14.3 Å². The standard InChI is InChI=1S/C24H14O3.C6H10.C3H6O2.C2H4O/c25-23-21-18(16-7-2-1-3-8-16)13-14-20(22(21)24(26)27-23)19-12-6-10-15-9-4-5-11-17(15)19;1-3-5-6-4-2;1-3(4)5-2;1-2-3/h1-14H;3-6H,1-2H3;1-2H3;2H,1H3/b;5-3-,6-4-;;. The molecule has 0 radical (unpaired) electrons. The van der Waals surface area contributed by atoms with E-state index >= 15 is 0 Å². The van der Waals surface area contributed by atoms with E-state index < -0.39 is 11.9 Å². The van der Waals surface area contributed by atoms with Crippen LogP contribution >= 0.6 is 0 Å². The van der Waals surface area contributed by atoms with E-state index in [4.69, 9.17) is 9.53 Å². The minimum atomic E-state index is -0.587. The number of hydrogen-bond donors (Lipinski definition) is 0. The van der Waals surface area contributed by atoms with Gasteiger partial charge in [-0.25, -0.2) is 9.59 Å². The molecule has 6 heteroatoms. The molecule has 41 heavy (non-hydrogen) atoms. The molecule has 4 aromatic rings. The molecule has 5 rings (SSSR count). The van der Waals surface area contributed by atoms with E-state index in [1.807, 2.05) is 123 Å². The molecule has 1 aliphatic heterocycles. The van der Waals surface area contributed by atoms with Crippen LogP contribution in [0, 0.1) is 0 Å². The Hall–Kier alpha value is -5.10. The number of esters is 3. The first-order valence-corrected chi connectivity index (χ1v) is 13.0. The Bertz CT molecular complexity index is 1530. The van der Waals surface area contributed by atoms with Crippen LogP contribution in [0.25, 0.3) is 33.0 Å². The van der Waals surface area contributed by atoms with Crippen LogP contribution in [0.15, 0.2) is 109 Å². The summed E-state index contributed by atoms with van der Waals surface area (Å²) in [5.74, 6) is -1.42. The highest BCUT2D eigenvalue weighted by Crippen LogP contribution is 2.39. The van der Waals surface area contributed by atoms with Crippen LogP contribution in [-0.4, -0.2) is 31.3 Å². The fraction of sp³-hybridized carbons (Fsp3) is 0.143. The molecule has 4 aromatic carbocycles. The monoisotopic (exact) mass is 550 g/mol. The second-order valence-corrected chi connectivity index (χ2v) is 8.46. The van der Waals surface area contributed by atoms with Crippen LogP contribution in [0.1, 0.15) is 48.4 Å². The van der Waals surface area contributed by atoms with Gasteiger partial charge in [-0.1, -0.05) is 109 Å². The summed E-state index contributed by atoms with van der Waals surface area (Å²) in [5, 5.41) is 2.11. The summed E-state index contributed by atoms with van der Waals surface area (Å²) in [5.41, 5.74) is 3.91. The highest BCUT2D eigenvalue weighted by Gasteiger charge is 2.35. The lowest BCUT2D eigenvalue weighted by Gasteiger charge is -2.12. The Balaban J connectivity index is 0.000000353. The number of cyclic esters (lactones) is 2. The maximum atomic E-state index is 12.5. The fourth-order valence-electron chi connectivity index (χ4n) is 3.98. The number of aldehydes is 1. The van der Waals surface area contributed by atoms with Gasteiger partial charge in [-0.05, 0) is 53.8 Å². The molecule has 0 unspecified atom stereocenters. The molecule has 0 saturated heterocycles. The summed E-state index contributed by atoms with van der Waals surface area (Å²) in [7, 11) is 1.35. The van der Waals surface area contributed by atoms with Gasteiger partial charge in [0, 0.05) is 6.92 Å². The molecule has 0 bridgehead atoms. The van der Waals surface area contributed by atoms with Gasteiger partial charge in [0.15, 0.2) is 0 Å². The van der Waals surface area contributed by atoms with Crippen molar-refractivity contribution in [3.05, 3.63) is 120 Å². The van der Waals surface area contributed by atoms with E-state index in [-0.39, 0.29) is 5.97 Å². The van der Waals surface area contributed by atoms with Crippen LogP contribution < -0.4 is 0 Å². The van der Waals surface area contributed by atoms with E-state index in [2.05, 4.69) is 4.74 Å². The van der Waals surface area contributed by atoms with Gasteiger partial charge in [0.1, 0.15) is 6.29 Å². The summed E-state index contributed by atoms with van der Waals surface area (Å²) in [6.45, 7) is 6.81. The number of ether oxygens (including phenoxy) is 2. The van der Waals surface area contributed by atoms with Gasteiger partial charge in [0.25, 0.3) is 0 Å². The first-order chi connectivity index (χ1) is 19.8. The Morgan fingerprint density at radius 2 is 1.17 bits per heavy atom. The van der Waals surface area contributed by atoms with Crippen LogP contribution in [0.3, 0.4) is 0 Å². The molecule has 0 N–H and O–H groups in total. The molecular weight excluding hydrogens is 516 g/mol. The number of rotatable bonds is 3. The summed E-state index contributed by atoms with van der Waals surface area (Å²) in [6, 6.07) is 27.3. The van der Waals surface area contributed by atoms with Crippen molar-refractivity contribution in [1.82, 2.24) is 0 Å². The van der Waals surface area contributed by atoms with Gasteiger partial charge in [0.05, 0.1) is 18.2 Å². The minimum Gasteiger partial charge on any atom is -0.469 e. The van der Waals surface area contributed by atoms with Crippen molar-refractivity contribution in [2.75, 3.05) is 7.11 Å². The molecule has 210 valence electrons. The Morgan fingerprint density at radius 3 is 1.73 bits per heavy atom. The van der Waals surface area contributed by atoms with E-state index in [1.54, 1.807) is 0 Å². The number of carbonyl (C=O) groups is 4. The molecule has 0 amide bonds. The lowest BCUT2D eigenvalue weighted by Crippen LogP contribution is -1.99. The Morgan fingerprint density at radius 1 is 0.683 bits per heavy atom. The molecule has 0 spiro atoms. The smallest absolute Gasteiger partial charge is 0.347 e. The average Bonchev–Trinajstić information content (AvgIpc) is 3.30. The normalized spacial score (nSPS) is 11.3. The lowest BCUT2D eigenvalue weighted by molar-refractivity contribution is -0.137. The summed E-state index contributed by atoms with van der Waals surface area (Å²) >= 11 is 0. The van der Waals surface area contributed by atoms with Gasteiger partial charge in [-0.2, -0.15) is 0 Å². The van der Waals surface area contributed by atoms with Crippen LogP contribution in [-0.2, 0) is 19.1 Å². The van der Waals surface area contributed by atoms with E-state index in [0.29, 0.717) is 16.7 Å². The first kappa shape index (κ1) is 32.1. The van der Waals surface area contributed by atoms with E-state index in [1.165, 1.54) is 21.0 Å². The van der Waals surface area contributed by atoms with E-state index in [0.717, 1.165) is 33.7 Å². The molecule has 0 atom stereocenters. The zero-order chi connectivity index (χ0) is 30.2. The third-order valence-corrected chi connectivity index (χ3v) is 5.75. The number of hydrogen-bond acceptors (Lipinski definition) is 6. The van der Waals surface area contributed by atoms with Gasteiger partial charge >= 0.3 is 17.9 Å². The third kappa shape index (κ3) is 8.70. The number of carbonyl (C=O) groups excluding carboxylic acids is 4. The average molecular weight is 551 g/mol. The molecule has 0 aliphatic carbocycles. The van der Waals surface area contributed by atoms with Crippen molar-refractivity contribution < 1.29 is 28.7 Å². The third-order valence-electron chi connectivity index (χ3n) is 5.75. The van der Waals surface area contributed by atoms with Crippen molar-refractivity contribution >= 4 is 35.0 Å². The SMILES string of the molecule is C/C=C\C=C/C.CC=O.COC(C)=O.O=C1OC(=O)c2c(-c3cccc4ccccc34)ccc(-c3ccccc3)c21. The second-order valence-electron chi connectivity index (χ2n) is 8.46. The molecule has 0 aromatic heterocycles. The molecular formula is C35H34O6. The Labute approximate surface area is 240 Å². The number of benzene rings is 4. The van der Waals surface area contributed by atoms with Crippen molar-refractivity contribution in [3.8, 4) is 22.3 Å². The van der Waals surface area contributed by atoms with Gasteiger partial charge in [0.2, 0.25) is 0 Å². The topological polar surface area (TPSA) is 86.7 Å². The zero-order valence-corrected chi connectivity index (χ0v) is 23.9. The number of fused-ring (bicyclic) bond motifs is 2. The van der Waals surface area contributed by atoms with Crippen molar-refractivity contribution in [1.29, 1.82) is 0 Å². The number of methoxy groups -OCH3 is 1. The maximum Gasteiger partial charge on any atom is 0.347 e. The minimum absolute atomic E-state index is 0.245. The van der Waals surface area contributed by atoms with Crippen molar-refractivity contribution in [2.24, 2.45) is 0 Å². The van der Waals surface area contributed by atoms with Gasteiger partial charge in [-0.15, -0.1) is 0 Å². The predicted octanol–water partition coefficient (Wildman–Crippen LogP) is 8.01. The zero-order valence-electron chi connectivity index (χ0n) is 23.9. The van der Waals surface area contributed by atoms with Crippen molar-refractivity contribution in [3.63, 3.8) is 0 Å². The molecule has 6 nitrogen and oxygen atoms in total. The summed E-state index contributed by atoms with van der Waals surface area (Å²) in [6.07, 6.45) is 8.75. The van der Waals surface area contributed by atoms with Crippen LogP contribution in [0.4, 0.5) is 0 Å². The van der Waals surface area contributed by atoms with Crippen LogP contribution in [0.5, 0.6) is 0 Å². The lowest BCUT2D eigenvalue weighted by atomic mass is 9.88. The molecule has 1 aliphatic rings. The highest BCUT2D eigenvalue weighted by molar-refractivity contribution is 6.21. The largest absolute Gasteiger partial charge is 0.469 e. The summed E-state index contributed by atoms with van der Waals surface area (Å²) in [4.78, 5) is 43.4. The predicted molar refractivity (Wildman–Crippen MR) is 164 cm³/mol. The highest BCUT2D eigenvalue weighted by atomic mass is 16.6. The van der Waals surface area contributed by atoms with Crippen LogP contribution in [0.2, 0.25) is 0 Å². The second kappa shape index (κ2) is 16.8. The fourth-order valence-corrected chi connectivity index (χ4v) is 3.98. The Kier molecular flexibility index (Phi) is 13.1. The first-order valence-electron chi connectivity index (χ1n) is 13.0. The molecule has 0 fully saturated rings. The van der Waals surface area contributed by atoms with E-state index in [9.17, 15) is 14.4 Å². The quantitative estimate of drug-likeness (QED) is 0.111. The van der Waals surface area contributed by atoms with Crippen molar-refractivity contribution in [2.45, 2.75) is 27.7 Å². The van der Waals surface area contributed by atoms with Gasteiger partial charge in [-0.3, -0.25) is 4.79 Å². The molecule has 1 heterocycles.